The van der Waals surface area contributed by atoms with Crippen molar-refractivity contribution in [3.63, 3.8) is 0 Å². The summed E-state index contributed by atoms with van der Waals surface area (Å²) in [7, 11) is 0. The molecule has 8 heteroatoms. The molecule has 0 aliphatic rings. The highest BCUT2D eigenvalue weighted by Gasteiger charge is 2.20. The summed E-state index contributed by atoms with van der Waals surface area (Å²) in [4.78, 5) is 33.0. The average Bonchev–Trinajstić information content (AvgIpc) is 2.26. The zero-order chi connectivity index (χ0) is 15.7. The van der Waals surface area contributed by atoms with Crippen LogP contribution in [-0.2, 0) is 19.1 Å². The third kappa shape index (κ3) is 9.48. The van der Waals surface area contributed by atoms with E-state index in [9.17, 15) is 14.4 Å². The Morgan fingerprint density at radius 3 is 2.25 bits per heavy atom. The van der Waals surface area contributed by atoms with Crippen molar-refractivity contribution < 1.29 is 29.0 Å². The fraction of sp³-hybridized carbons (Fsp3) is 0.750. The Morgan fingerprint density at radius 1 is 1.20 bits per heavy atom. The Hall–Kier alpha value is -1.44. The number of carbonyl (C=O) groups excluding carboxylic acids is 2. The molecule has 0 aromatic rings. The van der Waals surface area contributed by atoms with Crippen LogP contribution in [0.2, 0.25) is 0 Å². The Labute approximate surface area is 122 Å². The van der Waals surface area contributed by atoms with Gasteiger partial charge < -0.3 is 19.9 Å². The van der Waals surface area contributed by atoms with E-state index < -0.39 is 29.6 Å². The van der Waals surface area contributed by atoms with Gasteiger partial charge in [0.05, 0.1) is 0 Å². The topological polar surface area (TPSA) is 102 Å². The molecule has 0 fully saturated rings. The van der Waals surface area contributed by atoms with Crippen LogP contribution in [0.5, 0.6) is 0 Å². The van der Waals surface area contributed by atoms with Gasteiger partial charge in [-0.1, -0.05) is 13.8 Å². The van der Waals surface area contributed by atoms with Crippen molar-refractivity contribution in [3.05, 3.63) is 0 Å². The summed E-state index contributed by atoms with van der Waals surface area (Å²) in [5.41, 5.74) is 0. The van der Waals surface area contributed by atoms with Gasteiger partial charge in [-0.05, 0) is 11.7 Å². The van der Waals surface area contributed by atoms with E-state index in [1.165, 1.54) is 25.6 Å². The van der Waals surface area contributed by atoms with Gasteiger partial charge in [0.1, 0.15) is 5.25 Å². The summed E-state index contributed by atoms with van der Waals surface area (Å²) in [6.45, 7) is 6.49. The third-order valence-corrected chi connectivity index (χ3v) is 3.57. The molecule has 2 N–H and O–H groups in total. The van der Waals surface area contributed by atoms with Crippen LogP contribution in [0.15, 0.2) is 0 Å². The van der Waals surface area contributed by atoms with Crippen LogP contribution < -0.4 is 5.32 Å². The van der Waals surface area contributed by atoms with Crippen LogP contribution in [0, 0.1) is 5.92 Å². The zero-order valence-corrected chi connectivity index (χ0v) is 12.9. The molecule has 20 heavy (non-hydrogen) atoms. The molecular formula is C12H21NO6S. The summed E-state index contributed by atoms with van der Waals surface area (Å²) < 4.78 is 9.33. The predicted molar refractivity (Wildman–Crippen MR) is 74.4 cm³/mol. The molecule has 0 heterocycles. The third-order valence-electron chi connectivity index (χ3n) is 1.94. The first-order chi connectivity index (χ1) is 9.22. The van der Waals surface area contributed by atoms with E-state index in [0.717, 1.165) is 0 Å². The second-order valence-electron chi connectivity index (χ2n) is 4.52. The standard InChI is InChI=1S/C12H21NO6S/c1-7(2)6-20-10(11(15)16)5-13-12(17)19-9(4)18-8(3)14/h7,9-10H,5-6H2,1-4H3,(H,13,17)(H,15,16)/t9-,10-/m0/s1. The second-order valence-corrected chi connectivity index (χ2v) is 5.75. The number of carboxylic acids is 1. The Bertz CT molecular complexity index is 347. The van der Waals surface area contributed by atoms with Crippen LogP contribution in [0.3, 0.4) is 0 Å². The van der Waals surface area contributed by atoms with E-state index in [0.29, 0.717) is 11.7 Å². The number of amides is 1. The maximum absolute atomic E-state index is 11.4. The molecule has 0 saturated heterocycles. The molecule has 7 nitrogen and oxygen atoms in total. The minimum Gasteiger partial charge on any atom is -0.480 e. The van der Waals surface area contributed by atoms with Crippen molar-refractivity contribution in [2.24, 2.45) is 5.92 Å². The maximum Gasteiger partial charge on any atom is 0.410 e. The van der Waals surface area contributed by atoms with E-state index in [1.54, 1.807) is 0 Å². The molecule has 0 unspecified atom stereocenters. The molecule has 0 aromatic carbocycles. The summed E-state index contributed by atoms with van der Waals surface area (Å²) in [5.74, 6) is -0.527. The summed E-state index contributed by atoms with van der Waals surface area (Å²) >= 11 is 1.25. The lowest BCUT2D eigenvalue weighted by Crippen LogP contribution is -2.37. The molecule has 0 aliphatic heterocycles. The van der Waals surface area contributed by atoms with Gasteiger partial charge in [0, 0.05) is 20.4 Å². The number of thioether (sulfide) groups is 1. The van der Waals surface area contributed by atoms with Gasteiger partial charge in [0.25, 0.3) is 0 Å². The predicted octanol–water partition coefficient (Wildman–Crippen LogP) is 1.46. The van der Waals surface area contributed by atoms with Gasteiger partial charge in [-0.3, -0.25) is 9.59 Å². The second kappa shape index (κ2) is 9.46. The van der Waals surface area contributed by atoms with Crippen molar-refractivity contribution in [3.8, 4) is 0 Å². The summed E-state index contributed by atoms with van der Waals surface area (Å²) in [6, 6.07) is 0. The number of aliphatic carboxylic acids is 1. The first-order valence-corrected chi connectivity index (χ1v) is 7.23. The highest BCUT2D eigenvalue weighted by molar-refractivity contribution is 8.00. The van der Waals surface area contributed by atoms with Crippen LogP contribution in [0.25, 0.3) is 0 Å². The average molecular weight is 307 g/mol. The van der Waals surface area contributed by atoms with Gasteiger partial charge in [0.15, 0.2) is 0 Å². The molecule has 0 radical (unpaired) electrons. The van der Waals surface area contributed by atoms with Gasteiger partial charge in [-0.15, -0.1) is 11.8 Å². The van der Waals surface area contributed by atoms with Crippen molar-refractivity contribution >= 4 is 29.8 Å². The molecule has 0 aliphatic carbocycles. The van der Waals surface area contributed by atoms with Gasteiger partial charge in [0.2, 0.25) is 6.29 Å². The molecule has 0 bridgehead atoms. The lowest BCUT2D eigenvalue weighted by molar-refractivity contribution is -0.162. The number of hydrogen-bond acceptors (Lipinski definition) is 6. The number of esters is 1. The van der Waals surface area contributed by atoms with Crippen molar-refractivity contribution in [2.45, 2.75) is 39.2 Å². The molecule has 2 atom stereocenters. The van der Waals surface area contributed by atoms with Crippen LogP contribution in [0.1, 0.15) is 27.7 Å². The largest absolute Gasteiger partial charge is 0.480 e. The van der Waals surface area contributed by atoms with E-state index in [2.05, 4.69) is 10.1 Å². The minimum absolute atomic E-state index is 0.0572. The fourth-order valence-corrected chi connectivity index (χ4v) is 2.11. The molecule has 0 aromatic heterocycles. The molecule has 0 rings (SSSR count). The quantitative estimate of drug-likeness (QED) is 0.517. The molecule has 0 spiro atoms. The first kappa shape index (κ1) is 18.6. The van der Waals surface area contributed by atoms with Gasteiger partial charge >= 0.3 is 18.0 Å². The number of nitrogens with one attached hydrogen (secondary N) is 1. The number of carbonyl (C=O) groups is 3. The number of ether oxygens (including phenoxy) is 2. The lowest BCUT2D eigenvalue weighted by Gasteiger charge is -2.16. The highest BCUT2D eigenvalue weighted by atomic mass is 32.2. The zero-order valence-electron chi connectivity index (χ0n) is 12.0. The van der Waals surface area contributed by atoms with E-state index in [1.807, 2.05) is 13.8 Å². The summed E-state index contributed by atoms with van der Waals surface area (Å²) in [6.07, 6.45) is -1.84. The molecule has 0 saturated carbocycles. The van der Waals surface area contributed by atoms with Crippen LogP contribution >= 0.6 is 11.8 Å². The van der Waals surface area contributed by atoms with Gasteiger partial charge in [-0.2, -0.15) is 0 Å². The Morgan fingerprint density at radius 2 is 1.80 bits per heavy atom. The monoisotopic (exact) mass is 307 g/mol. The van der Waals surface area contributed by atoms with Crippen LogP contribution in [0.4, 0.5) is 4.79 Å². The minimum atomic E-state index is -1.01. The molecular weight excluding hydrogens is 286 g/mol. The first-order valence-electron chi connectivity index (χ1n) is 6.18. The van der Waals surface area contributed by atoms with E-state index in [-0.39, 0.29) is 6.54 Å². The van der Waals surface area contributed by atoms with Crippen molar-refractivity contribution in [1.29, 1.82) is 0 Å². The van der Waals surface area contributed by atoms with Crippen molar-refractivity contribution in [1.82, 2.24) is 5.32 Å². The van der Waals surface area contributed by atoms with Gasteiger partial charge in [-0.25, -0.2) is 4.79 Å². The van der Waals surface area contributed by atoms with Crippen molar-refractivity contribution in [2.75, 3.05) is 12.3 Å². The SMILES string of the molecule is CC(=O)O[C@H](C)OC(=O)NC[C@H](SCC(C)C)C(=O)O. The highest BCUT2D eigenvalue weighted by Crippen LogP contribution is 2.14. The Balaban J connectivity index is 4.11. The number of rotatable bonds is 8. The smallest absolute Gasteiger partial charge is 0.410 e. The lowest BCUT2D eigenvalue weighted by atomic mass is 10.3. The summed E-state index contributed by atoms with van der Waals surface area (Å²) in [5, 5.41) is 10.6. The molecule has 1 amide bonds. The van der Waals surface area contributed by atoms with E-state index >= 15 is 0 Å². The van der Waals surface area contributed by atoms with Crippen LogP contribution in [-0.4, -0.2) is 47.0 Å². The molecule has 116 valence electrons. The normalized spacial score (nSPS) is 13.4. The maximum atomic E-state index is 11.4. The number of hydrogen-bond donors (Lipinski definition) is 2. The fourth-order valence-electron chi connectivity index (χ4n) is 1.15. The number of carboxylic acid groups (broad SMARTS) is 1. The van der Waals surface area contributed by atoms with E-state index in [4.69, 9.17) is 9.84 Å². The Kier molecular flexibility index (Phi) is 8.78. The number of alkyl carbamates (subject to hydrolysis) is 1.